The van der Waals surface area contributed by atoms with Gasteiger partial charge in [-0.1, -0.05) is 42.5 Å². The number of rotatable bonds is 6. The van der Waals surface area contributed by atoms with Gasteiger partial charge in [0.1, 0.15) is 11.8 Å². The van der Waals surface area contributed by atoms with Gasteiger partial charge in [-0.25, -0.2) is 8.42 Å². The lowest BCUT2D eigenvalue weighted by Crippen LogP contribution is -2.46. The first-order valence-corrected chi connectivity index (χ1v) is 11.8. The van der Waals surface area contributed by atoms with E-state index in [1.54, 1.807) is 13.2 Å². The molecule has 1 aliphatic rings. The Hall–Kier alpha value is -3.17. The number of nitrogens with one attached hydrogen (secondary N) is 2. The van der Waals surface area contributed by atoms with Crippen LogP contribution in [0.2, 0.25) is 0 Å². The van der Waals surface area contributed by atoms with Crippen molar-refractivity contribution in [3.05, 3.63) is 66.2 Å². The van der Waals surface area contributed by atoms with E-state index in [0.717, 1.165) is 11.1 Å². The molecule has 31 heavy (non-hydrogen) atoms. The highest BCUT2D eigenvalue weighted by Crippen LogP contribution is 2.30. The number of H-pyrrole nitrogens is 1. The van der Waals surface area contributed by atoms with Gasteiger partial charge in [-0.05, 0) is 17.7 Å². The van der Waals surface area contributed by atoms with E-state index in [0.29, 0.717) is 30.4 Å². The van der Waals surface area contributed by atoms with E-state index in [1.165, 1.54) is 0 Å². The van der Waals surface area contributed by atoms with Crippen LogP contribution in [-0.2, 0) is 14.6 Å². The Morgan fingerprint density at radius 2 is 1.77 bits per heavy atom. The van der Waals surface area contributed by atoms with Crippen LogP contribution in [0.1, 0.15) is 11.6 Å². The molecule has 4 rings (SSSR count). The Morgan fingerprint density at radius 1 is 1.10 bits per heavy atom. The minimum atomic E-state index is -3.05. The molecule has 2 heterocycles. The SMILES string of the molecule is COc1ccccc1-c1cc(NC(=O)C(c2ccccc2)N2CCS(=O)(=O)CC2)n[nH]1. The van der Waals surface area contributed by atoms with Crippen LogP contribution in [0.5, 0.6) is 5.75 Å². The van der Waals surface area contributed by atoms with Crippen molar-refractivity contribution in [3.63, 3.8) is 0 Å². The summed E-state index contributed by atoms with van der Waals surface area (Å²) in [4.78, 5) is 15.2. The number of aromatic nitrogens is 2. The van der Waals surface area contributed by atoms with Crippen LogP contribution in [0.25, 0.3) is 11.3 Å². The largest absolute Gasteiger partial charge is 0.496 e. The highest BCUT2D eigenvalue weighted by atomic mass is 32.2. The molecule has 162 valence electrons. The number of anilines is 1. The van der Waals surface area contributed by atoms with Gasteiger partial charge in [0.05, 0.1) is 24.3 Å². The number of carbonyl (C=O) groups excluding carboxylic acids is 1. The zero-order chi connectivity index (χ0) is 21.8. The number of carbonyl (C=O) groups is 1. The number of nitrogens with zero attached hydrogens (tertiary/aromatic N) is 2. The molecule has 9 heteroatoms. The van der Waals surface area contributed by atoms with Crippen molar-refractivity contribution in [2.24, 2.45) is 0 Å². The van der Waals surface area contributed by atoms with Crippen molar-refractivity contribution in [3.8, 4) is 17.0 Å². The molecule has 1 fully saturated rings. The highest BCUT2D eigenvalue weighted by Gasteiger charge is 2.32. The third-order valence-electron chi connectivity index (χ3n) is 5.33. The van der Waals surface area contributed by atoms with Gasteiger partial charge in [0.25, 0.3) is 0 Å². The molecule has 1 aliphatic heterocycles. The van der Waals surface area contributed by atoms with Crippen LogP contribution in [0.15, 0.2) is 60.7 Å². The number of sulfone groups is 1. The summed E-state index contributed by atoms with van der Waals surface area (Å²) < 4.78 is 29.1. The zero-order valence-electron chi connectivity index (χ0n) is 17.1. The van der Waals surface area contributed by atoms with Crippen molar-refractivity contribution >= 4 is 21.6 Å². The van der Waals surface area contributed by atoms with Gasteiger partial charge in [0.2, 0.25) is 5.91 Å². The Bertz CT molecular complexity index is 1150. The van der Waals surface area contributed by atoms with Gasteiger partial charge in [0, 0.05) is 24.7 Å². The fourth-order valence-corrected chi connectivity index (χ4v) is 4.96. The first-order chi connectivity index (χ1) is 15.0. The molecule has 2 N–H and O–H groups in total. The van der Waals surface area contributed by atoms with Gasteiger partial charge in [0.15, 0.2) is 15.7 Å². The van der Waals surface area contributed by atoms with Crippen LogP contribution >= 0.6 is 0 Å². The summed E-state index contributed by atoms with van der Waals surface area (Å²) >= 11 is 0. The molecule has 1 saturated heterocycles. The molecule has 1 unspecified atom stereocenters. The third kappa shape index (κ3) is 4.78. The molecule has 0 radical (unpaired) electrons. The molecule has 0 bridgehead atoms. The molecule has 0 saturated carbocycles. The molecular formula is C22H24N4O4S. The molecule has 1 aromatic heterocycles. The molecular weight excluding hydrogens is 416 g/mol. The first-order valence-electron chi connectivity index (χ1n) is 9.96. The number of amides is 1. The van der Waals surface area contributed by atoms with Crippen molar-refractivity contribution in [1.82, 2.24) is 15.1 Å². The predicted molar refractivity (Wildman–Crippen MR) is 119 cm³/mol. The lowest BCUT2D eigenvalue weighted by molar-refractivity contribution is -0.121. The van der Waals surface area contributed by atoms with Crippen LogP contribution < -0.4 is 10.1 Å². The number of aromatic amines is 1. The standard InChI is InChI=1S/C22H24N4O4S/c1-30-19-10-6-5-9-17(19)18-15-20(25-24-18)23-22(27)21(16-7-3-2-4-8-16)26-11-13-31(28,29)14-12-26/h2-10,15,21H,11-14H2,1H3,(H2,23,24,25,27). The minimum Gasteiger partial charge on any atom is -0.496 e. The summed E-state index contributed by atoms with van der Waals surface area (Å²) in [7, 11) is -1.45. The monoisotopic (exact) mass is 440 g/mol. The lowest BCUT2D eigenvalue weighted by Gasteiger charge is -2.33. The minimum absolute atomic E-state index is 0.0456. The van der Waals surface area contributed by atoms with Crippen molar-refractivity contribution in [1.29, 1.82) is 0 Å². The van der Waals surface area contributed by atoms with E-state index in [9.17, 15) is 13.2 Å². The Kier molecular flexibility index (Phi) is 6.06. The molecule has 8 nitrogen and oxygen atoms in total. The lowest BCUT2D eigenvalue weighted by atomic mass is 10.0. The van der Waals surface area contributed by atoms with Gasteiger partial charge in [-0.3, -0.25) is 14.8 Å². The molecule has 3 aromatic rings. The summed E-state index contributed by atoms with van der Waals surface area (Å²) in [6.45, 7) is 0.616. The predicted octanol–water partition coefficient (Wildman–Crippen LogP) is 2.50. The summed E-state index contributed by atoms with van der Waals surface area (Å²) in [6.07, 6.45) is 0. The maximum absolute atomic E-state index is 13.3. The number of benzene rings is 2. The van der Waals surface area contributed by atoms with Crippen molar-refractivity contribution in [2.45, 2.75) is 6.04 Å². The maximum Gasteiger partial charge on any atom is 0.247 e. The Balaban J connectivity index is 1.56. The second kappa shape index (κ2) is 8.91. The van der Waals surface area contributed by atoms with Gasteiger partial charge in [-0.15, -0.1) is 0 Å². The Labute approximate surface area is 181 Å². The van der Waals surface area contributed by atoms with E-state index in [-0.39, 0.29) is 17.4 Å². The number of hydrogen-bond donors (Lipinski definition) is 2. The van der Waals surface area contributed by atoms with E-state index < -0.39 is 15.9 Å². The Morgan fingerprint density at radius 3 is 2.48 bits per heavy atom. The number of hydrogen-bond acceptors (Lipinski definition) is 6. The summed E-state index contributed by atoms with van der Waals surface area (Å²) in [5.41, 5.74) is 2.35. The third-order valence-corrected chi connectivity index (χ3v) is 6.94. The second-order valence-corrected chi connectivity index (χ2v) is 9.66. The van der Waals surface area contributed by atoms with E-state index >= 15 is 0 Å². The molecule has 1 amide bonds. The van der Waals surface area contributed by atoms with E-state index in [4.69, 9.17) is 4.74 Å². The summed E-state index contributed by atoms with van der Waals surface area (Å²) in [5, 5.41) is 10.0. The summed E-state index contributed by atoms with van der Waals surface area (Å²) in [6, 6.07) is 18.0. The van der Waals surface area contributed by atoms with Gasteiger partial charge < -0.3 is 10.1 Å². The average molecular weight is 441 g/mol. The normalized spacial score (nSPS) is 17.1. The average Bonchev–Trinajstić information content (AvgIpc) is 3.24. The molecule has 0 spiro atoms. The smallest absolute Gasteiger partial charge is 0.247 e. The fourth-order valence-electron chi connectivity index (χ4n) is 3.73. The topological polar surface area (TPSA) is 104 Å². The van der Waals surface area contributed by atoms with Crippen LogP contribution in [0.3, 0.4) is 0 Å². The summed E-state index contributed by atoms with van der Waals surface area (Å²) in [5.74, 6) is 0.911. The van der Waals surface area contributed by atoms with Crippen molar-refractivity contribution in [2.75, 3.05) is 37.0 Å². The highest BCUT2D eigenvalue weighted by molar-refractivity contribution is 7.91. The molecule has 1 atom stereocenters. The van der Waals surface area contributed by atoms with Crippen LogP contribution in [0, 0.1) is 0 Å². The first kappa shape index (κ1) is 21.1. The zero-order valence-corrected chi connectivity index (χ0v) is 17.9. The van der Waals surface area contributed by atoms with E-state index in [1.807, 2.05) is 59.5 Å². The number of methoxy groups -OCH3 is 1. The molecule has 0 aliphatic carbocycles. The van der Waals surface area contributed by atoms with Gasteiger partial charge in [-0.2, -0.15) is 5.10 Å². The number of para-hydroxylation sites is 1. The molecule has 2 aromatic carbocycles. The van der Waals surface area contributed by atoms with Crippen LogP contribution in [-0.4, -0.2) is 61.1 Å². The van der Waals surface area contributed by atoms with E-state index in [2.05, 4.69) is 15.5 Å². The fraction of sp³-hybridized carbons (Fsp3) is 0.273. The second-order valence-electron chi connectivity index (χ2n) is 7.36. The van der Waals surface area contributed by atoms with Gasteiger partial charge >= 0.3 is 0 Å². The number of ether oxygens (including phenoxy) is 1. The maximum atomic E-state index is 13.3. The quantitative estimate of drug-likeness (QED) is 0.610. The van der Waals surface area contributed by atoms with Crippen molar-refractivity contribution < 1.29 is 17.9 Å². The van der Waals surface area contributed by atoms with Crippen LogP contribution in [0.4, 0.5) is 5.82 Å².